The molecule has 0 N–H and O–H groups in total. The van der Waals surface area contributed by atoms with Gasteiger partial charge < -0.3 is 8.84 Å². The van der Waals surface area contributed by atoms with Crippen molar-refractivity contribution in [2.24, 2.45) is 0 Å². The first-order valence-electron chi connectivity index (χ1n) is 9.13. The third-order valence-electron chi connectivity index (χ3n) is 4.99. The Morgan fingerprint density at radius 2 is 1.48 bits per heavy atom. The topological polar surface area (TPSA) is 46.2 Å². The molecule has 3 rings (SSSR count). The van der Waals surface area contributed by atoms with Crippen LogP contribution in [0, 0.1) is 18.3 Å². The van der Waals surface area contributed by atoms with E-state index in [9.17, 15) is 0 Å². The predicted octanol–water partition coefficient (Wildman–Crippen LogP) is 4.54. The number of rotatable bonds is 5. The van der Waals surface area contributed by atoms with Gasteiger partial charge >= 0.3 is 0 Å². The summed E-state index contributed by atoms with van der Waals surface area (Å²) in [6.45, 7) is 9.06. The summed E-state index contributed by atoms with van der Waals surface area (Å²) in [5, 5.41) is 11.5. The van der Waals surface area contributed by atoms with Crippen LogP contribution in [0.2, 0.25) is 5.04 Å². The highest BCUT2D eigenvalue weighted by atomic mass is 28.4. The van der Waals surface area contributed by atoms with Crippen LogP contribution in [0.1, 0.15) is 37.9 Å². The van der Waals surface area contributed by atoms with Crippen LogP contribution < -0.4 is 10.4 Å². The van der Waals surface area contributed by atoms with Crippen molar-refractivity contribution in [2.45, 2.75) is 39.3 Å². The molecule has 1 heterocycles. The van der Waals surface area contributed by atoms with E-state index < -0.39 is 8.32 Å². The third-order valence-corrected chi connectivity index (χ3v) is 9.97. The van der Waals surface area contributed by atoms with E-state index >= 15 is 0 Å². The second-order valence-corrected chi connectivity index (χ2v) is 12.1. The average Bonchev–Trinajstić information content (AvgIpc) is 3.03. The first-order valence-corrected chi connectivity index (χ1v) is 11.0. The second kappa shape index (κ2) is 7.56. The molecule has 0 radical (unpaired) electrons. The summed E-state index contributed by atoms with van der Waals surface area (Å²) in [4.78, 5) is 0. The van der Waals surface area contributed by atoms with Gasteiger partial charge in [-0.3, -0.25) is 0 Å². The second-order valence-electron chi connectivity index (χ2n) is 7.76. The van der Waals surface area contributed by atoms with E-state index in [0.717, 1.165) is 11.3 Å². The molecule has 0 saturated heterocycles. The van der Waals surface area contributed by atoms with Crippen molar-refractivity contribution < 1.29 is 8.84 Å². The van der Waals surface area contributed by atoms with Crippen LogP contribution in [0.15, 0.2) is 71.1 Å². The summed E-state index contributed by atoms with van der Waals surface area (Å²) in [5.74, 6) is 1.07. The average molecular weight is 376 g/mol. The normalized spacial score (nSPS) is 12.0. The Morgan fingerprint density at radius 1 is 0.963 bits per heavy atom. The van der Waals surface area contributed by atoms with Gasteiger partial charge in [0, 0.05) is 11.6 Å². The lowest BCUT2D eigenvalue weighted by atomic mass is 10.2. The Morgan fingerprint density at radius 3 is 1.89 bits per heavy atom. The van der Waals surface area contributed by atoms with Crippen molar-refractivity contribution in [1.29, 1.82) is 5.26 Å². The van der Waals surface area contributed by atoms with Crippen LogP contribution in [0.3, 0.4) is 0 Å². The van der Waals surface area contributed by atoms with Crippen LogP contribution in [-0.2, 0) is 11.0 Å². The predicted molar refractivity (Wildman–Crippen MR) is 111 cm³/mol. The standard InChI is InChI=1S/C23H25NO2Si/c1-18-19(15-20(16-24)26-18)17-25-27(23(2,3)4,21-11-7-5-8-12-21)22-13-9-6-10-14-22/h5-15H,17H2,1-4H3. The summed E-state index contributed by atoms with van der Waals surface area (Å²) >= 11 is 0. The first kappa shape index (κ1) is 19.2. The molecule has 0 amide bonds. The number of benzene rings is 2. The minimum atomic E-state index is -2.58. The number of furan rings is 1. The number of nitrogens with zero attached hydrogens (tertiary/aromatic N) is 1. The smallest absolute Gasteiger partial charge is 0.261 e. The van der Waals surface area contributed by atoms with Crippen molar-refractivity contribution in [3.63, 3.8) is 0 Å². The fourth-order valence-corrected chi connectivity index (χ4v) is 8.19. The molecule has 0 bridgehead atoms. The Balaban J connectivity index is 2.12. The van der Waals surface area contributed by atoms with E-state index in [2.05, 4.69) is 75.4 Å². The minimum Gasteiger partial charge on any atom is -0.451 e. The molecule has 3 aromatic rings. The lowest BCUT2D eigenvalue weighted by molar-refractivity contribution is 0.283. The number of hydrogen-bond donors (Lipinski definition) is 0. The summed E-state index contributed by atoms with van der Waals surface area (Å²) in [7, 11) is -2.58. The molecule has 0 aliphatic rings. The Labute approximate surface area is 162 Å². The van der Waals surface area contributed by atoms with E-state index in [4.69, 9.17) is 14.1 Å². The molecule has 0 atom stereocenters. The molecule has 0 spiro atoms. The zero-order chi connectivity index (χ0) is 19.5. The number of aryl methyl sites for hydroxylation is 1. The van der Waals surface area contributed by atoms with Gasteiger partial charge in [-0.05, 0) is 22.3 Å². The number of nitriles is 1. The van der Waals surface area contributed by atoms with Crippen LogP contribution in [0.5, 0.6) is 0 Å². The van der Waals surface area contributed by atoms with Gasteiger partial charge in [-0.1, -0.05) is 81.4 Å². The quantitative estimate of drug-likeness (QED) is 0.615. The molecular formula is C23H25NO2Si. The van der Waals surface area contributed by atoms with Crippen LogP contribution in [0.25, 0.3) is 0 Å². The molecule has 0 unspecified atom stereocenters. The monoisotopic (exact) mass is 375 g/mol. The lowest BCUT2D eigenvalue weighted by Gasteiger charge is -2.43. The van der Waals surface area contributed by atoms with Gasteiger partial charge in [0.15, 0.2) is 0 Å². The molecule has 1 aromatic heterocycles. The molecule has 4 heteroatoms. The Bertz CT molecular complexity index is 895. The van der Waals surface area contributed by atoms with Crippen molar-refractivity contribution >= 4 is 18.7 Å². The molecule has 2 aromatic carbocycles. The van der Waals surface area contributed by atoms with Crippen molar-refractivity contribution in [1.82, 2.24) is 0 Å². The van der Waals surface area contributed by atoms with E-state index in [-0.39, 0.29) is 5.04 Å². The molecular weight excluding hydrogens is 350 g/mol. The largest absolute Gasteiger partial charge is 0.451 e. The van der Waals surface area contributed by atoms with Gasteiger partial charge in [0.05, 0.1) is 6.61 Å². The van der Waals surface area contributed by atoms with Crippen molar-refractivity contribution in [3.05, 3.63) is 83.8 Å². The highest BCUT2D eigenvalue weighted by Crippen LogP contribution is 2.37. The Hall–Kier alpha value is -2.61. The van der Waals surface area contributed by atoms with E-state index in [0.29, 0.717) is 12.4 Å². The van der Waals surface area contributed by atoms with Gasteiger partial charge in [-0.25, -0.2) is 0 Å². The zero-order valence-electron chi connectivity index (χ0n) is 16.3. The molecule has 0 aliphatic carbocycles. The molecule has 138 valence electrons. The molecule has 27 heavy (non-hydrogen) atoms. The van der Waals surface area contributed by atoms with Crippen LogP contribution >= 0.6 is 0 Å². The fraction of sp³-hybridized carbons (Fsp3) is 0.261. The molecule has 0 saturated carbocycles. The zero-order valence-corrected chi connectivity index (χ0v) is 17.3. The summed E-state index contributed by atoms with van der Waals surface area (Å²) < 4.78 is 12.4. The van der Waals surface area contributed by atoms with Gasteiger partial charge in [0.1, 0.15) is 11.8 Å². The summed E-state index contributed by atoms with van der Waals surface area (Å²) in [6.07, 6.45) is 0. The van der Waals surface area contributed by atoms with Gasteiger partial charge in [0.2, 0.25) is 5.76 Å². The van der Waals surface area contributed by atoms with Gasteiger partial charge in [0.25, 0.3) is 8.32 Å². The lowest BCUT2D eigenvalue weighted by Crippen LogP contribution is -2.66. The van der Waals surface area contributed by atoms with Crippen molar-refractivity contribution in [2.75, 3.05) is 0 Å². The molecule has 0 aliphatic heterocycles. The van der Waals surface area contributed by atoms with Crippen LogP contribution in [-0.4, -0.2) is 8.32 Å². The molecule has 3 nitrogen and oxygen atoms in total. The fourth-order valence-electron chi connectivity index (χ4n) is 3.67. The van der Waals surface area contributed by atoms with E-state index in [1.807, 2.05) is 19.1 Å². The van der Waals surface area contributed by atoms with E-state index in [1.54, 1.807) is 6.07 Å². The number of hydrogen-bond acceptors (Lipinski definition) is 3. The highest BCUT2D eigenvalue weighted by Gasteiger charge is 2.50. The van der Waals surface area contributed by atoms with Crippen molar-refractivity contribution in [3.8, 4) is 6.07 Å². The summed E-state index contributed by atoms with van der Waals surface area (Å²) in [6, 6.07) is 24.9. The highest BCUT2D eigenvalue weighted by molar-refractivity contribution is 6.99. The SMILES string of the molecule is Cc1oc(C#N)cc1CO[Si](c1ccccc1)(c1ccccc1)C(C)(C)C. The Kier molecular flexibility index (Phi) is 5.36. The maximum absolute atomic E-state index is 9.11. The van der Waals surface area contributed by atoms with Gasteiger partial charge in [-0.15, -0.1) is 0 Å². The molecule has 0 fully saturated rings. The van der Waals surface area contributed by atoms with Crippen LogP contribution in [0.4, 0.5) is 0 Å². The van der Waals surface area contributed by atoms with Gasteiger partial charge in [-0.2, -0.15) is 5.26 Å². The first-order chi connectivity index (χ1) is 12.9. The maximum Gasteiger partial charge on any atom is 0.261 e. The maximum atomic E-state index is 9.11. The summed E-state index contributed by atoms with van der Waals surface area (Å²) in [5.41, 5.74) is 0.930. The van der Waals surface area contributed by atoms with E-state index in [1.165, 1.54) is 10.4 Å². The minimum absolute atomic E-state index is 0.0780. The third kappa shape index (κ3) is 3.62.